The van der Waals surface area contributed by atoms with Gasteiger partial charge in [-0.05, 0) is 40.9 Å². The van der Waals surface area contributed by atoms with Crippen LogP contribution in [0.15, 0.2) is 48.5 Å². The molecule has 0 atom stereocenters. The SMILES string of the molecule is O=C(Cl)c1ccc(-c2ccccc2C(=O)O)cc1. The van der Waals surface area contributed by atoms with Gasteiger partial charge in [0.2, 0.25) is 0 Å². The molecule has 18 heavy (non-hydrogen) atoms. The predicted molar refractivity (Wildman–Crippen MR) is 69.0 cm³/mol. The summed E-state index contributed by atoms with van der Waals surface area (Å²) < 4.78 is 0. The molecule has 0 bridgehead atoms. The minimum atomic E-state index is -0.983. The molecule has 0 heterocycles. The van der Waals surface area contributed by atoms with Crippen LogP contribution in [0.1, 0.15) is 20.7 Å². The molecule has 0 spiro atoms. The highest BCUT2D eigenvalue weighted by molar-refractivity contribution is 6.67. The van der Waals surface area contributed by atoms with Crippen LogP contribution in [-0.4, -0.2) is 16.3 Å². The molecule has 0 unspecified atom stereocenters. The first kappa shape index (κ1) is 12.3. The first-order valence-corrected chi connectivity index (χ1v) is 5.60. The van der Waals surface area contributed by atoms with Gasteiger partial charge >= 0.3 is 5.97 Å². The number of aromatic carboxylic acids is 1. The molecule has 0 aromatic heterocycles. The molecule has 2 aromatic rings. The average molecular weight is 261 g/mol. The van der Waals surface area contributed by atoms with E-state index in [0.29, 0.717) is 11.1 Å². The molecule has 0 saturated heterocycles. The number of rotatable bonds is 3. The van der Waals surface area contributed by atoms with Crippen molar-refractivity contribution in [2.45, 2.75) is 0 Å². The van der Waals surface area contributed by atoms with Gasteiger partial charge in [0.05, 0.1) is 5.56 Å². The lowest BCUT2D eigenvalue weighted by atomic mass is 9.99. The number of benzene rings is 2. The summed E-state index contributed by atoms with van der Waals surface area (Å²) in [6.07, 6.45) is 0. The van der Waals surface area contributed by atoms with Crippen molar-refractivity contribution in [3.05, 3.63) is 59.7 Å². The molecule has 0 fully saturated rings. The monoisotopic (exact) mass is 260 g/mol. The molecule has 0 aliphatic carbocycles. The molecule has 90 valence electrons. The smallest absolute Gasteiger partial charge is 0.336 e. The largest absolute Gasteiger partial charge is 0.478 e. The van der Waals surface area contributed by atoms with E-state index in [4.69, 9.17) is 16.7 Å². The lowest BCUT2D eigenvalue weighted by molar-refractivity contribution is 0.0697. The summed E-state index contributed by atoms with van der Waals surface area (Å²) in [4.78, 5) is 22.0. The zero-order chi connectivity index (χ0) is 13.1. The molecule has 0 saturated carbocycles. The Labute approximate surface area is 109 Å². The van der Waals surface area contributed by atoms with Gasteiger partial charge in [0.25, 0.3) is 5.24 Å². The van der Waals surface area contributed by atoms with Crippen LogP contribution < -0.4 is 0 Å². The van der Waals surface area contributed by atoms with E-state index in [9.17, 15) is 9.59 Å². The Morgan fingerprint density at radius 1 is 0.944 bits per heavy atom. The summed E-state index contributed by atoms with van der Waals surface area (Å²) in [6.45, 7) is 0. The lowest BCUT2D eigenvalue weighted by Gasteiger charge is -2.06. The molecule has 2 aromatic carbocycles. The van der Waals surface area contributed by atoms with Crippen molar-refractivity contribution >= 4 is 22.8 Å². The van der Waals surface area contributed by atoms with Gasteiger partial charge in [-0.1, -0.05) is 30.3 Å². The summed E-state index contributed by atoms with van der Waals surface area (Å²) in [5.41, 5.74) is 1.95. The van der Waals surface area contributed by atoms with E-state index in [2.05, 4.69) is 0 Å². The van der Waals surface area contributed by atoms with Crippen molar-refractivity contribution in [1.29, 1.82) is 0 Å². The second-order valence-electron chi connectivity index (χ2n) is 3.70. The molecule has 0 radical (unpaired) electrons. The van der Waals surface area contributed by atoms with Crippen LogP contribution >= 0.6 is 11.6 Å². The third kappa shape index (κ3) is 2.41. The Hall–Kier alpha value is -2.13. The van der Waals surface area contributed by atoms with Crippen LogP contribution in [0.3, 0.4) is 0 Å². The standard InChI is InChI=1S/C14H9ClO3/c15-13(16)10-7-5-9(6-8-10)11-3-1-2-4-12(11)14(17)18/h1-8H,(H,17,18). The highest BCUT2D eigenvalue weighted by atomic mass is 35.5. The quantitative estimate of drug-likeness (QED) is 0.860. The van der Waals surface area contributed by atoms with E-state index >= 15 is 0 Å². The van der Waals surface area contributed by atoms with E-state index in [-0.39, 0.29) is 5.56 Å². The van der Waals surface area contributed by atoms with Gasteiger partial charge in [-0.15, -0.1) is 0 Å². The molecule has 2 rings (SSSR count). The zero-order valence-corrected chi connectivity index (χ0v) is 10.0. The molecule has 0 aliphatic heterocycles. The van der Waals surface area contributed by atoms with Crippen LogP contribution in [-0.2, 0) is 0 Å². The number of halogens is 1. The van der Waals surface area contributed by atoms with Crippen LogP contribution in [0, 0.1) is 0 Å². The fraction of sp³-hybridized carbons (Fsp3) is 0. The van der Waals surface area contributed by atoms with Crippen molar-refractivity contribution in [2.24, 2.45) is 0 Å². The first-order valence-electron chi connectivity index (χ1n) is 5.22. The Bertz CT molecular complexity index is 603. The van der Waals surface area contributed by atoms with Crippen LogP contribution in [0.4, 0.5) is 0 Å². The average Bonchev–Trinajstić information content (AvgIpc) is 2.39. The summed E-state index contributed by atoms with van der Waals surface area (Å²) in [6, 6.07) is 13.2. The van der Waals surface area contributed by atoms with Crippen molar-refractivity contribution in [2.75, 3.05) is 0 Å². The van der Waals surface area contributed by atoms with Gasteiger partial charge < -0.3 is 5.11 Å². The van der Waals surface area contributed by atoms with Crippen molar-refractivity contribution in [1.82, 2.24) is 0 Å². The molecule has 3 nitrogen and oxygen atoms in total. The zero-order valence-electron chi connectivity index (χ0n) is 9.26. The van der Waals surface area contributed by atoms with Gasteiger partial charge in [0.15, 0.2) is 0 Å². The van der Waals surface area contributed by atoms with E-state index in [1.54, 1.807) is 42.5 Å². The number of hydrogen-bond donors (Lipinski definition) is 1. The van der Waals surface area contributed by atoms with Gasteiger partial charge in [0.1, 0.15) is 0 Å². The first-order chi connectivity index (χ1) is 8.59. The fourth-order valence-corrected chi connectivity index (χ4v) is 1.83. The van der Waals surface area contributed by atoms with Crippen molar-refractivity contribution in [3.8, 4) is 11.1 Å². The number of carboxylic acid groups (broad SMARTS) is 1. The Kier molecular flexibility index (Phi) is 3.44. The number of carbonyl (C=O) groups excluding carboxylic acids is 1. The second-order valence-corrected chi connectivity index (χ2v) is 4.05. The molecule has 0 amide bonds. The van der Waals surface area contributed by atoms with Gasteiger partial charge in [-0.2, -0.15) is 0 Å². The van der Waals surface area contributed by atoms with E-state index in [1.165, 1.54) is 6.07 Å². The molecular formula is C14H9ClO3. The highest BCUT2D eigenvalue weighted by Crippen LogP contribution is 2.24. The minimum Gasteiger partial charge on any atom is -0.478 e. The molecule has 4 heteroatoms. The fourth-order valence-electron chi connectivity index (χ4n) is 1.70. The maximum absolute atomic E-state index is 11.1. The third-order valence-electron chi connectivity index (χ3n) is 2.58. The number of carbonyl (C=O) groups is 2. The summed E-state index contributed by atoms with van der Waals surface area (Å²) in [7, 11) is 0. The number of carboxylic acids is 1. The van der Waals surface area contributed by atoms with E-state index < -0.39 is 11.2 Å². The van der Waals surface area contributed by atoms with E-state index in [0.717, 1.165) is 5.56 Å². The van der Waals surface area contributed by atoms with E-state index in [1.807, 2.05) is 0 Å². The third-order valence-corrected chi connectivity index (χ3v) is 2.80. The predicted octanol–water partition coefficient (Wildman–Crippen LogP) is 3.43. The Morgan fingerprint density at radius 2 is 1.56 bits per heavy atom. The Balaban J connectivity index is 2.49. The van der Waals surface area contributed by atoms with Crippen molar-refractivity contribution in [3.63, 3.8) is 0 Å². The highest BCUT2D eigenvalue weighted by Gasteiger charge is 2.11. The van der Waals surface area contributed by atoms with Gasteiger partial charge in [-0.3, -0.25) is 4.79 Å². The topological polar surface area (TPSA) is 54.4 Å². The molecule has 1 N–H and O–H groups in total. The maximum Gasteiger partial charge on any atom is 0.336 e. The summed E-state index contributed by atoms with van der Waals surface area (Å²) >= 11 is 5.35. The van der Waals surface area contributed by atoms with Crippen molar-refractivity contribution < 1.29 is 14.7 Å². The van der Waals surface area contributed by atoms with Gasteiger partial charge in [-0.25, -0.2) is 4.79 Å². The maximum atomic E-state index is 11.1. The number of hydrogen-bond acceptors (Lipinski definition) is 2. The van der Waals surface area contributed by atoms with Gasteiger partial charge in [0, 0.05) is 5.56 Å². The molecule has 0 aliphatic rings. The molecular weight excluding hydrogens is 252 g/mol. The summed E-state index contributed by atoms with van der Waals surface area (Å²) in [5, 5.41) is 8.56. The van der Waals surface area contributed by atoms with Crippen LogP contribution in [0.2, 0.25) is 0 Å². The summed E-state index contributed by atoms with van der Waals surface area (Å²) in [5.74, 6) is -0.983. The van der Waals surface area contributed by atoms with Crippen LogP contribution in [0.25, 0.3) is 11.1 Å². The van der Waals surface area contributed by atoms with Crippen LogP contribution in [0.5, 0.6) is 0 Å². The minimum absolute atomic E-state index is 0.224. The Morgan fingerprint density at radius 3 is 2.11 bits per heavy atom. The second kappa shape index (κ2) is 5.02. The lowest BCUT2D eigenvalue weighted by Crippen LogP contribution is -1.99. The normalized spacial score (nSPS) is 10.1.